The van der Waals surface area contributed by atoms with Crippen LogP contribution in [-0.2, 0) is 4.79 Å². The zero-order valence-corrected chi connectivity index (χ0v) is 12.1. The van der Waals surface area contributed by atoms with Crippen LogP contribution >= 0.6 is 15.9 Å². The molecule has 98 valence electrons. The highest BCUT2D eigenvalue weighted by molar-refractivity contribution is 9.10. The van der Waals surface area contributed by atoms with E-state index in [4.69, 9.17) is 5.26 Å². The molecule has 0 bridgehead atoms. The highest BCUT2D eigenvalue weighted by atomic mass is 79.9. The molecule has 0 N–H and O–H groups in total. The third-order valence-electron chi connectivity index (χ3n) is 3.87. The van der Waals surface area contributed by atoms with E-state index in [1.54, 1.807) is 0 Å². The lowest BCUT2D eigenvalue weighted by molar-refractivity contribution is -0.129. The van der Waals surface area contributed by atoms with Gasteiger partial charge < -0.3 is 9.80 Å². The minimum Gasteiger partial charge on any atom is -0.368 e. The summed E-state index contributed by atoms with van der Waals surface area (Å²) in [7, 11) is 0. The summed E-state index contributed by atoms with van der Waals surface area (Å²) in [6, 6.07) is 8.29. The van der Waals surface area contributed by atoms with Crippen molar-refractivity contribution in [2.75, 3.05) is 24.5 Å². The van der Waals surface area contributed by atoms with Gasteiger partial charge in [0.1, 0.15) is 0 Å². The Morgan fingerprint density at radius 1 is 1.32 bits per heavy atom. The van der Waals surface area contributed by atoms with Gasteiger partial charge in [0.15, 0.2) is 0 Å². The van der Waals surface area contributed by atoms with Crippen LogP contribution in [0.2, 0.25) is 0 Å². The Hall–Kier alpha value is -1.54. The summed E-state index contributed by atoms with van der Waals surface area (Å²) in [4.78, 5) is 15.9. The van der Waals surface area contributed by atoms with Crippen molar-refractivity contribution in [3.63, 3.8) is 0 Å². The first-order valence-electron chi connectivity index (χ1n) is 6.42. The molecule has 5 heteroatoms. The monoisotopic (exact) mass is 319 g/mol. The Morgan fingerprint density at radius 3 is 2.95 bits per heavy atom. The number of nitrogens with zero attached hydrogens (tertiary/aromatic N) is 3. The van der Waals surface area contributed by atoms with Crippen molar-refractivity contribution in [3.05, 3.63) is 28.2 Å². The topological polar surface area (TPSA) is 47.3 Å². The molecular formula is C14H14BrN3O. The van der Waals surface area contributed by atoms with E-state index in [-0.39, 0.29) is 5.91 Å². The van der Waals surface area contributed by atoms with Gasteiger partial charge >= 0.3 is 0 Å². The average molecular weight is 320 g/mol. The van der Waals surface area contributed by atoms with Crippen LogP contribution < -0.4 is 4.90 Å². The molecule has 2 fully saturated rings. The van der Waals surface area contributed by atoms with E-state index >= 15 is 0 Å². The van der Waals surface area contributed by atoms with Crippen LogP contribution in [0.5, 0.6) is 0 Å². The van der Waals surface area contributed by atoms with Crippen LogP contribution in [0.15, 0.2) is 22.7 Å². The molecular weight excluding hydrogens is 306 g/mol. The lowest BCUT2D eigenvalue weighted by Gasteiger charge is -2.39. The summed E-state index contributed by atoms with van der Waals surface area (Å²) >= 11 is 3.44. The highest BCUT2D eigenvalue weighted by Crippen LogP contribution is 2.28. The van der Waals surface area contributed by atoms with Gasteiger partial charge in [-0.25, -0.2) is 0 Å². The van der Waals surface area contributed by atoms with Crippen molar-refractivity contribution in [2.24, 2.45) is 0 Å². The maximum absolute atomic E-state index is 11.7. The molecule has 1 unspecified atom stereocenters. The van der Waals surface area contributed by atoms with Crippen molar-refractivity contribution in [1.82, 2.24) is 4.90 Å². The Morgan fingerprint density at radius 2 is 2.16 bits per heavy atom. The predicted octanol–water partition coefficient (Wildman–Crippen LogP) is 2.13. The smallest absolute Gasteiger partial charge is 0.223 e. The largest absolute Gasteiger partial charge is 0.368 e. The fourth-order valence-corrected chi connectivity index (χ4v) is 3.40. The summed E-state index contributed by atoms with van der Waals surface area (Å²) in [6.07, 6.45) is 1.63. The Labute approximate surface area is 120 Å². The molecule has 0 saturated carbocycles. The van der Waals surface area contributed by atoms with Gasteiger partial charge in [0.2, 0.25) is 5.91 Å². The second kappa shape index (κ2) is 4.86. The van der Waals surface area contributed by atoms with Crippen LogP contribution in [0.1, 0.15) is 18.4 Å². The summed E-state index contributed by atoms with van der Waals surface area (Å²) < 4.78 is 0.923. The van der Waals surface area contributed by atoms with E-state index in [1.807, 2.05) is 23.1 Å². The number of halogens is 1. The third-order valence-corrected chi connectivity index (χ3v) is 4.33. The molecule has 1 atom stereocenters. The number of hydrogen-bond acceptors (Lipinski definition) is 3. The first kappa shape index (κ1) is 12.5. The molecule has 2 aliphatic rings. The van der Waals surface area contributed by atoms with Crippen molar-refractivity contribution >= 4 is 27.5 Å². The number of fused-ring (bicyclic) bond motifs is 1. The zero-order chi connectivity index (χ0) is 13.4. The summed E-state index contributed by atoms with van der Waals surface area (Å²) in [6.45, 7) is 2.49. The predicted molar refractivity (Wildman–Crippen MR) is 75.8 cm³/mol. The minimum absolute atomic E-state index is 0.289. The van der Waals surface area contributed by atoms with Crippen LogP contribution in [0, 0.1) is 11.3 Å². The summed E-state index contributed by atoms with van der Waals surface area (Å²) in [5.41, 5.74) is 1.72. The van der Waals surface area contributed by atoms with Gasteiger partial charge in [-0.1, -0.05) is 15.9 Å². The number of amides is 1. The van der Waals surface area contributed by atoms with Gasteiger partial charge in [0, 0.05) is 42.3 Å². The normalized spacial score (nSPS) is 22.3. The lowest BCUT2D eigenvalue weighted by atomic mass is 10.1. The SMILES string of the molecule is N#Cc1cc(Br)cc(N2CCN3C(=O)CCC3C2)c1. The molecule has 2 heterocycles. The molecule has 2 saturated heterocycles. The second-order valence-electron chi connectivity index (χ2n) is 5.04. The van der Waals surface area contributed by atoms with Crippen molar-refractivity contribution in [3.8, 4) is 6.07 Å². The van der Waals surface area contributed by atoms with Gasteiger partial charge in [-0.05, 0) is 24.6 Å². The molecule has 1 amide bonds. The third kappa shape index (κ3) is 2.33. The summed E-state index contributed by atoms with van der Waals surface area (Å²) in [5, 5.41) is 9.03. The van der Waals surface area contributed by atoms with E-state index in [1.165, 1.54) is 0 Å². The molecule has 4 nitrogen and oxygen atoms in total. The van der Waals surface area contributed by atoms with Crippen LogP contribution in [0.3, 0.4) is 0 Å². The lowest BCUT2D eigenvalue weighted by Crippen LogP contribution is -2.51. The molecule has 1 aromatic carbocycles. The highest BCUT2D eigenvalue weighted by Gasteiger charge is 2.35. The van der Waals surface area contributed by atoms with Gasteiger partial charge in [-0.15, -0.1) is 0 Å². The quantitative estimate of drug-likeness (QED) is 0.796. The number of carbonyl (C=O) groups excluding carboxylic acids is 1. The molecule has 0 aliphatic carbocycles. The number of hydrogen-bond donors (Lipinski definition) is 0. The number of anilines is 1. The zero-order valence-electron chi connectivity index (χ0n) is 10.5. The molecule has 0 spiro atoms. The molecule has 3 rings (SSSR count). The maximum atomic E-state index is 11.7. The molecule has 0 radical (unpaired) electrons. The number of piperazine rings is 1. The van der Waals surface area contributed by atoms with Gasteiger partial charge in [-0.2, -0.15) is 5.26 Å². The Balaban J connectivity index is 1.83. The number of benzene rings is 1. The molecule has 0 aromatic heterocycles. The average Bonchev–Trinajstić information content (AvgIpc) is 2.79. The van der Waals surface area contributed by atoms with E-state index in [9.17, 15) is 4.79 Å². The van der Waals surface area contributed by atoms with E-state index in [0.717, 1.165) is 36.2 Å². The Kier molecular flexibility index (Phi) is 3.19. The van der Waals surface area contributed by atoms with Crippen molar-refractivity contribution in [2.45, 2.75) is 18.9 Å². The fraction of sp³-hybridized carbons (Fsp3) is 0.429. The van der Waals surface area contributed by atoms with E-state index < -0.39 is 0 Å². The minimum atomic E-state index is 0.289. The van der Waals surface area contributed by atoms with Gasteiger partial charge in [0.25, 0.3) is 0 Å². The standard InChI is InChI=1S/C14H14BrN3O/c15-11-5-10(8-16)6-13(7-11)17-3-4-18-12(9-17)1-2-14(18)19/h5-7,12H,1-4,9H2. The van der Waals surface area contributed by atoms with Crippen LogP contribution in [0.25, 0.3) is 0 Å². The van der Waals surface area contributed by atoms with E-state index in [2.05, 4.69) is 26.9 Å². The first-order valence-corrected chi connectivity index (χ1v) is 7.22. The number of carbonyl (C=O) groups is 1. The second-order valence-corrected chi connectivity index (χ2v) is 5.95. The van der Waals surface area contributed by atoms with Crippen molar-refractivity contribution < 1.29 is 4.79 Å². The first-order chi connectivity index (χ1) is 9.17. The molecule has 1 aromatic rings. The fourth-order valence-electron chi connectivity index (χ4n) is 2.92. The number of nitriles is 1. The van der Waals surface area contributed by atoms with Crippen molar-refractivity contribution in [1.29, 1.82) is 5.26 Å². The van der Waals surface area contributed by atoms with Crippen LogP contribution in [-0.4, -0.2) is 36.5 Å². The maximum Gasteiger partial charge on any atom is 0.223 e. The van der Waals surface area contributed by atoms with Gasteiger partial charge in [-0.3, -0.25) is 4.79 Å². The van der Waals surface area contributed by atoms with Gasteiger partial charge in [0.05, 0.1) is 11.6 Å². The molecule has 19 heavy (non-hydrogen) atoms. The number of rotatable bonds is 1. The van der Waals surface area contributed by atoms with E-state index in [0.29, 0.717) is 18.0 Å². The van der Waals surface area contributed by atoms with Crippen LogP contribution in [0.4, 0.5) is 5.69 Å². The summed E-state index contributed by atoms with van der Waals surface area (Å²) in [5.74, 6) is 0.289. The Bertz CT molecular complexity index is 566. The molecule has 2 aliphatic heterocycles.